The number of nitrogens with zero attached hydrogens (tertiary/aromatic N) is 1. The lowest BCUT2D eigenvalue weighted by molar-refractivity contribution is -0.122. The molecule has 1 atom stereocenters. The Kier molecular flexibility index (Phi) is 4.34. The first-order valence-corrected chi connectivity index (χ1v) is 7.98. The van der Waals surface area contributed by atoms with Crippen molar-refractivity contribution in [2.75, 3.05) is 16.8 Å². The number of benzene rings is 2. The molecule has 0 spiro atoms. The zero-order valence-corrected chi connectivity index (χ0v) is 13.8. The number of carbonyl (C=O) groups is 2. The predicted molar refractivity (Wildman–Crippen MR) is 91.3 cm³/mol. The second-order valence-corrected chi connectivity index (χ2v) is 6.34. The van der Waals surface area contributed by atoms with Gasteiger partial charge >= 0.3 is 0 Å². The van der Waals surface area contributed by atoms with Crippen LogP contribution in [0.2, 0.25) is 0 Å². The third-order valence-electron chi connectivity index (χ3n) is 3.75. The molecule has 0 unspecified atom stereocenters. The first-order chi connectivity index (χ1) is 11.0. The number of nitrogens with one attached hydrogen (secondary N) is 1. The monoisotopic (exact) mass is 374 g/mol. The number of halogens is 1. The molecule has 0 aromatic heterocycles. The van der Waals surface area contributed by atoms with E-state index in [9.17, 15) is 14.7 Å². The second-order valence-electron chi connectivity index (χ2n) is 5.42. The van der Waals surface area contributed by atoms with Crippen molar-refractivity contribution in [3.8, 4) is 5.75 Å². The van der Waals surface area contributed by atoms with Gasteiger partial charge in [0.1, 0.15) is 5.75 Å². The minimum atomic E-state index is -0.409. The number of anilines is 2. The van der Waals surface area contributed by atoms with Crippen LogP contribution in [0.5, 0.6) is 5.75 Å². The Bertz CT molecular complexity index is 746. The van der Waals surface area contributed by atoms with Crippen molar-refractivity contribution in [1.29, 1.82) is 0 Å². The second kappa shape index (κ2) is 6.42. The molecule has 1 aliphatic heterocycles. The van der Waals surface area contributed by atoms with Gasteiger partial charge in [0.15, 0.2) is 0 Å². The number of amides is 2. The van der Waals surface area contributed by atoms with E-state index < -0.39 is 5.92 Å². The van der Waals surface area contributed by atoms with Crippen molar-refractivity contribution >= 4 is 39.1 Å². The lowest BCUT2D eigenvalue weighted by atomic mass is 10.1. The molecule has 2 N–H and O–H groups in total. The highest BCUT2D eigenvalue weighted by Gasteiger charge is 2.35. The van der Waals surface area contributed by atoms with Gasteiger partial charge in [-0.1, -0.05) is 22.0 Å². The first-order valence-electron chi connectivity index (χ1n) is 7.19. The number of aromatic hydroxyl groups is 1. The number of hydrogen-bond donors (Lipinski definition) is 2. The highest BCUT2D eigenvalue weighted by atomic mass is 79.9. The van der Waals surface area contributed by atoms with Gasteiger partial charge in [-0.2, -0.15) is 0 Å². The van der Waals surface area contributed by atoms with Crippen LogP contribution in [0.3, 0.4) is 0 Å². The molecule has 0 saturated carbocycles. The fraction of sp³-hybridized carbons (Fsp3) is 0.176. The first kappa shape index (κ1) is 15.6. The highest BCUT2D eigenvalue weighted by Crippen LogP contribution is 2.27. The summed E-state index contributed by atoms with van der Waals surface area (Å²) in [7, 11) is 0. The molecule has 5 nitrogen and oxygen atoms in total. The Morgan fingerprint density at radius 2 is 1.96 bits per heavy atom. The molecular formula is C17H15BrN2O3. The van der Waals surface area contributed by atoms with Crippen molar-refractivity contribution in [2.45, 2.75) is 6.42 Å². The van der Waals surface area contributed by atoms with Gasteiger partial charge in [-0.15, -0.1) is 0 Å². The van der Waals surface area contributed by atoms with Gasteiger partial charge in [-0.05, 0) is 36.4 Å². The molecule has 2 aromatic rings. The fourth-order valence-electron chi connectivity index (χ4n) is 2.58. The molecule has 0 aliphatic carbocycles. The molecular weight excluding hydrogens is 360 g/mol. The van der Waals surface area contributed by atoms with Crippen LogP contribution in [0.15, 0.2) is 53.0 Å². The summed E-state index contributed by atoms with van der Waals surface area (Å²) in [5.74, 6) is -0.609. The van der Waals surface area contributed by atoms with Crippen LogP contribution in [-0.4, -0.2) is 23.5 Å². The molecule has 23 heavy (non-hydrogen) atoms. The van der Waals surface area contributed by atoms with Crippen molar-refractivity contribution in [3.05, 3.63) is 53.0 Å². The van der Waals surface area contributed by atoms with E-state index in [1.165, 1.54) is 12.1 Å². The van der Waals surface area contributed by atoms with E-state index in [1.807, 2.05) is 24.3 Å². The molecule has 1 saturated heterocycles. The number of phenolic OH excluding ortho intramolecular Hbond substituents is 1. The fourth-order valence-corrected chi connectivity index (χ4v) is 2.85. The molecule has 0 bridgehead atoms. The largest absolute Gasteiger partial charge is 0.508 e. The molecule has 3 rings (SSSR count). The van der Waals surface area contributed by atoms with Gasteiger partial charge < -0.3 is 15.3 Å². The Balaban J connectivity index is 1.69. The lowest BCUT2D eigenvalue weighted by Gasteiger charge is -2.16. The van der Waals surface area contributed by atoms with E-state index in [0.717, 1.165) is 10.2 Å². The Hall–Kier alpha value is -2.34. The Labute approximate surface area is 142 Å². The SMILES string of the molecule is O=C(Nc1cccc(O)c1)[C@H]1CC(=O)N(c2ccc(Br)cc2)C1. The van der Waals surface area contributed by atoms with Crippen molar-refractivity contribution < 1.29 is 14.7 Å². The van der Waals surface area contributed by atoms with E-state index in [-0.39, 0.29) is 24.0 Å². The van der Waals surface area contributed by atoms with Gasteiger partial charge in [0, 0.05) is 34.9 Å². The number of rotatable bonds is 3. The summed E-state index contributed by atoms with van der Waals surface area (Å²) >= 11 is 3.36. The maximum absolute atomic E-state index is 12.3. The third kappa shape index (κ3) is 3.53. The van der Waals surface area contributed by atoms with Gasteiger partial charge in [-0.3, -0.25) is 9.59 Å². The van der Waals surface area contributed by atoms with Crippen LogP contribution in [0, 0.1) is 5.92 Å². The Morgan fingerprint density at radius 3 is 2.65 bits per heavy atom. The standard InChI is InChI=1S/C17H15BrN2O3/c18-12-4-6-14(7-5-12)20-10-11(8-16(20)22)17(23)19-13-2-1-3-15(21)9-13/h1-7,9,11,21H,8,10H2,(H,19,23)/t11-/m0/s1. The summed E-state index contributed by atoms with van der Waals surface area (Å²) in [5.41, 5.74) is 1.30. The van der Waals surface area contributed by atoms with Gasteiger partial charge in [0.2, 0.25) is 11.8 Å². The summed E-state index contributed by atoms with van der Waals surface area (Å²) in [6, 6.07) is 13.8. The molecule has 118 valence electrons. The molecule has 2 aromatic carbocycles. The quantitative estimate of drug-likeness (QED) is 0.866. The number of hydrogen-bond acceptors (Lipinski definition) is 3. The molecule has 1 heterocycles. The van der Waals surface area contributed by atoms with Crippen molar-refractivity contribution in [3.63, 3.8) is 0 Å². The zero-order chi connectivity index (χ0) is 16.4. The van der Waals surface area contributed by atoms with E-state index in [2.05, 4.69) is 21.2 Å². The topological polar surface area (TPSA) is 69.6 Å². The maximum Gasteiger partial charge on any atom is 0.229 e. The van der Waals surface area contributed by atoms with Crippen LogP contribution in [-0.2, 0) is 9.59 Å². The molecule has 0 radical (unpaired) electrons. The minimum Gasteiger partial charge on any atom is -0.508 e. The van der Waals surface area contributed by atoms with Crippen molar-refractivity contribution in [2.24, 2.45) is 5.92 Å². The third-order valence-corrected chi connectivity index (χ3v) is 4.28. The van der Waals surface area contributed by atoms with E-state index in [4.69, 9.17) is 0 Å². The lowest BCUT2D eigenvalue weighted by Crippen LogP contribution is -2.28. The summed E-state index contributed by atoms with van der Waals surface area (Å²) < 4.78 is 0.936. The van der Waals surface area contributed by atoms with E-state index >= 15 is 0 Å². The van der Waals surface area contributed by atoms with Crippen LogP contribution >= 0.6 is 15.9 Å². The zero-order valence-electron chi connectivity index (χ0n) is 12.2. The highest BCUT2D eigenvalue weighted by molar-refractivity contribution is 9.10. The minimum absolute atomic E-state index is 0.0663. The van der Waals surface area contributed by atoms with Crippen LogP contribution < -0.4 is 10.2 Å². The van der Waals surface area contributed by atoms with Crippen molar-refractivity contribution in [1.82, 2.24) is 0 Å². The average molecular weight is 375 g/mol. The van der Waals surface area contributed by atoms with Gasteiger partial charge in [0.05, 0.1) is 5.92 Å². The molecule has 2 amide bonds. The summed E-state index contributed by atoms with van der Waals surface area (Å²) in [6.07, 6.45) is 0.181. The molecule has 6 heteroatoms. The number of phenols is 1. The predicted octanol–water partition coefficient (Wildman–Crippen LogP) is 3.15. The smallest absolute Gasteiger partial charge is 0.229 e. The van der Waals surface area contributed by atoms with E-state index in [1.54, 1.807) is 17.0 Å². The number of carbonyl (C=O) groups excluding carboxylic acids is 2. The maximum atomic E-state index is 12.3. The van der Waals surface area contributed by atoms with Crippen LogP contribution in [0.4, 0.5) is 11.4 Å². The van der Waals surface area contributed by atoms with E-state index in [0.29, 0.717) is 12.2 Å². The Morgan fingerprint density at radius 1 is 1.22 bits per heavy atom. The van der Waals surface area contributed by atoms with Gasteiger partial charge in [0.25, 0.3) is 0 Å². The summed E-state index contributed by atoms with van der Waals surface area (Å²) in [5, 5.41) is 12.2. The van der Waals surface area contributed by atoms with Crippen LogP contribution in [0.25, 0.3) is 0 Å². The van der Waals surface area contributed by atoms with Gasteiger partial charge in [-0.25, -0.2) is 0 Å². The van der Waals surface area contributed by atoms with Crippen LogP contribution in [0.1, 0.15) is 6.42 Å². The normalized spacial score (nSPS) is 17.3. The molecule has 1 fully saturated rings. The molecule has 1 aliphatic rings. The summed E-state index contributed by atoms with van der Waals surface area (Å²) in [4.78, 5) is 26.1. The summed E-state index contributed by atoms with van der Waals surface area (Å²) in [6.45, 7) is 0.352. The average Bonchev–Trinajstić information content (AvgIpc) is 2.90.